The molecule has 1 heterocycles. The third-order valence-corrected chi connectivity index (χ3v) is 5.52. The number of rotatable bonds is 4. The van der Waals surface area contributed by atoms with Crippen LogP contribution >= 0.6 is 27.5 Å². The van der Waals surface area contributed by atoms with Gasteiger partial charge in [-0.1, -0.05) is 17.7 Å². The number of hydrogen-bond donors (Lipinski definition) is 1. The third-order valence-electron chi connectivity index (χ3n) is 4.31. The van der Waals surface area contributed by atoms with Crippen LogP contribution in [0.2, 0.25) is 5.02 Å². The largest absolute Gasteiger partial charge is 0.329 e. The topological polar surface area (TPSA) is 32.5 Å². The van der Waals surface area contributed by atoms with Crippen molar-refractivity contribution in [1.82, 2.24) is 9.80 Å². The molecular weight excluding hydrogens is 338 g/mol. The maximum absolute atomic E-state index is 6.08. The molecule has 1 aliphatic rings. The molecule has 1 fully saturated rings. The zero-order valence-corrected chi connectivity index (χ0v) is 14.5. The van der Waals surface area contributed by atoms with E-state index in [4.69, 9.17) is 17.3 Å². The summed E-state index contributed by atoms with van der Waals surface area (Å²) < 4.78 is 0.937. The van der Waals surface area contributed by atoms with Crippen LogP contribution in [0, 0.1) is 0 Å². The standard InChI is InChI=1S/C15H23BrClN3/c1-19-7-5-12(6-8-19)20(2)15(10-18)11-3-4-14(17)13(16)9-11/h3-4,9,12,15H,5-8,10,18H2,1-2H3. The van der Waals surface area contributed by atoms with Crippen molar-refractivity contribution in [3.8, 4) is 0 Å². The van der Waals surface area contributed by atoms with Crippen LogP contribution in [0.1, 0.15) is 24.4 Å². The van der Waals surface area contributed by atoms with Gasteiger partial charge in [0.25, 0.3) is 0 Å². The van der Waals surface area contributed by atoms with Crippen LogP contribution < -0.4 is 5.73 Å². The Morgan fingerprint density at radius 2 is 2.10 bits per heavy atom. The number of halogens is 2. The smallest absolute Gasteiger partial charge is 0.0548 e. The van der Waals surface area contributed by atoms with Crippen molar-refractivity contribution in [2.45, 2.75) is 24.9 Å². The van der Waals surface area contributed by atoms with E-state index in [1.165, 1.54) is 18.4 Å². The Labute approximate surface area is 135 Å². The maximum atomic E-state index is 6.08. The van der Waals surface area contributed by atoms with Gasteiger partial charge < -0.3 is 10.6 Å². The summed E-state index contributed by atoms with van der Waals surface area (Å²) in [5.41, 5.74) is 7.25. The van der Waals surface area contributed by atoms with Gasteiger partial charge in [0.1, 0.15) is 0 Å². The predicted octanol–water partition coefficient (Wildman–Crippen LogP) is 3.13. The number of benzene rings is 1. The van der Waals surface area contributed by atoms with E-state index in [2.05, 4.69) is 52.0 Å². The highest BCUT2D eigenvalue weighted by atomic mass is 79.9. The molecule has 0 radical (unpaired) electrons. The molecule has 112 valence electrons. The maximum Gasteiger partial charge on any atom is 0.0548 e. The van der Waals surface area contributed by atoms with Gasteiger partial charge in [-0.2, -0.15) is 0 Å². The van der Waals surface area contributed by atoms with Gasteiger partial charge >= 0.3 is 0 Å². The molecule has 1 unspecified atom stereocenters. The van der Waals surface area contributed by atoms with E-state index in [-0.39, 0.29) is 6.04 Å². The number of hydrogen-bond acceptors (Lipinski definition) is 3. The number of piperidine rings is 1. The van der Waals surface area contributed by atoms with Crippen molar-refractivity contribution < 1.29 is 0 Å². The highest BCUT2D eigenvalue weighted by molar-refractivity contribution is 9.10. The van der Waals surface area contributed by atoms with Crippen molar-refractivity contribution in [3.63, 3.8) is 0 Å². The van der Waals surface area contributed by atoms with Crippen molar-refractivity contribution in [1.29, 1.82) is 0 Å². The lowest BCUT2D eigenvalue weighted by Gasteiger charge is -2.39. The number of likely N-dealkylation sites (tertiary alicyclic amines) is 1. The molecule has 1 saturated heterocycles. The lowest BCUT2D eigenvalue weighted by Crippen LogP contribution is -2.45. The van der Waals surface area contributed by atoms with Crippen molar-refractivity contribution in [2.75, 3.05) is 33.7 Å². The monoisotopic (exact) mass is 359 g/mol. The fraction of sp³-hybridized carbons (Fsp3) is 0.600. The average Bonchev–Trinajstić information content (AvgIpc) is 2.44. The molecule has 5 heteroatoms. The normalized spacial score (nSPS) is 19.5. The van der Waals surface area contributed by atoms with Gasteiger partial charge in [0, 0.05) is 23.1 Å². The van der Waals surface area contributed by atoms with Gasteiger partial charge in [-0.25, -0.2) is 0 Å². The predicted molar refractivity (Wildman–Crippen MR) is 89.2 cm³/mol. The first-order valence-electron chi connectivity index (χ1n) is 7.08. The molecule has 3 nitrogen and oxygen atoms in total. The summed E-state index contributed by atoms with van der Waals surface area (Å²) in [6.07, 6.45) is 2.41. The Kier molecular flexibility index (Phi) is 5.87. The Bertz CT molecular complexity index is 447. The van der Waals surface area contributed by atoms with Crippen LogP contribution in [0.25, 0.3) is 0 Å². The fourth-order valence-corrected chi connectivity index (χ4v) is 3.43. The molecule has 0 aliphatic carbocycles. The fourth-order valence-electron chi connectivity index (χ4n) is 2.91. The molecular formula is C15H23BrClN3. The van der Waals surface area contributed by atoms with Crippen LogP contribution in [0.3, 0.4) is 0 Å². The van der Waals surface area contributed by atoms with E-state index in [0.29, 0.717) is 12.6 Å². The Morgan fingerprint density at radius 1 is 1.45 bits per heavy atom. The van der Waals surface area contributed by atoms with E-state index in [0.717, 1.165) is 22.6 Å². The quantitative estimate of drug-likeness (QED) is 0.895. The van der Waals surface area contributed by atoms with Gasteiger partial charge in [0.2, 0.25) is 0 Å². The first-order chi connectivity index (χ1) is 9.52. The van der Waals surface area contributed by atoms with Crippen molar-refractivity contribution in [2.24, 2.45) is 5.73 Å². The van der Waals surface area contributed by atoms with Crippen LogP contribution in [0.15, 0.2) is 22.7 Å². The van der Waals surface area contributed by atoms with Crippen LogP contribution in [0.4, 0.5) is 0 Å². The molecule has 0 spiro atoms. The first-order valence-corrected chi connectivity index (χ1v) is 8.25. The minimum atomic E-state index is 0.247. The van der Waals surface area contributed by atoms with Gasteiger partial charge in [0.15, 0.2) is 0 Å². The molecule has 1 atom stereocenters. The van der Waals surface area contributed by atoms with Crippen LogP contribution in [-0.4, -0.2) is 49.6 Å². The second-order valence-corrected chi connectivity index (χ2v) is 6.89. The summed E-state index contributed by atoms with van der Waals surface area (Å²) in [6, 6.07) is 6.96. The SMILES string of the molecule is CN1CCC(N(C)C(CN)c2ccc(Cl)c(Br)c2)CC1. The minimum absolute atomic E-state index is 0.247. The zero-order chi connectivity index (χ0) is 14.7. The lowest BCUT2D eigenvalue weighted by molar-refractivity contribution is 0.109. The summed E-state index contributed by atoms with van der Waals surface area (Å²) in [6.45, 7) is 2.95. The number of nitrogens with zero attached hydrogens (tertiary/aromatic N) is 2. The highest BCUT2D eigenvalue weighted by Gasteiger charge is 2.26. The van der Waals surface area contributed by atoms with Gasteiger partial charge in [-0.05, 0) is 73.7 Å². The Balaban J connectivity index is 2.12. The van der Waals surface area contributed by atoms with Crippen LogP contribution in [0.5, 0.6) is 0 Å². The zero-order valence-electron chi connectivity index (χ0n) is 12.1. The molecule has 2 N–H and O–H groups in total. The lowest BCUT2D eigenvalue weighted by atomic mass is 9.99. The van der Waals surface area contributed by atoms with Crippen molar-refractivity contribution >= 4 is 27.5 Å². The summed E-state index contributed by atoms with van der Waals surface area (Å²) in [7, 11) is 4.38. The second kappa shape index (κ2) is 7.23. The van der Waals surface area contributed by atoms with Crippen molar-refractivity contribution in [3.05, 3.63) is 33.3 Å². The molecule has 1 aromatic carbocycles. The molecule has 0 bridgehead atoms. The van der Waals surface area contributed by atoms with E-state index in [1.807, 2.05) is 6.07 Å². The summed E-state index contributed by atoms with van der Waals surface area (Å²) in [5.74, 6) is 0. The molecule has 2 rings (SSSR count). The minimum Gasteiger partial charge on any atom is -0.329 e. The molecule has 0 aromatic heterocycles. The highest BCUT2D eigenvalue weighted by Crippen LogP contribution is 2.30. The van der Waals surface area contributed by atoms with E-state index >= 15 is 0 Å². The molecule has 0 amide bonds. The second-order valence-electron chi connectivity index (χ2n) is 5.62. The number of nitrogens with two attached hydrogens (primary N) is 1. The summed E-state index contributed by atoms with van der Waals surface area (Å²) >= 11 is 9.57. The Hall–Kier alpha value is -0.130. The summed E-state index contributed by atoms with van der Waals surface area (Å²) in [5, 5.41) is 0.742. The summed E-state index contributed by atoms with van der Waals surface area (Å²) in [4.78, 5) is 4.82. The van der Waals surface area contributed by atoms with Gasteiger partial charge in [-0.3, -0.25) is 4.90 Å². The molecule has 0 saturated carbocycles. The van der Waals surface area contributed by atoms with Gasteiger partial charge in [-0.15, -0.1) is 0 Å². The van der Waals surface area contributed by atoms with E-state index < -0.39 is 0 Å². The number of likely N-dealkylation sites (N-methyl/N-ethyl adjacent to an activating group) is 1. The first kappa shape index (κ1) is 16.2. The average molecular weight is 361 g/mol. The molecule has 1 aliphatic heterocycles. The molecule has 20 heavy (non-hydrogen) atoms. The molecule has 1 aromatic rings. The van der Waals surface area contributed by atoms with Gasteiger partial charge in [0.05, 0.1) is 5.02 Å². The Morgan fingerprint density at radius 3 is 2.65 bits per heavy atom. The third kappa shape index (κ3) is 3.74. The van der Waals surface area contributed by atoms with E-state index in [1.54, 1.807) is 0 Å². The van der Waals surface area contributed by atoms with Crippen LogP contribution in [-0.2, 0) is 0 Å². The van der Waals surface area contributed by atoms with E-state index in [9.17, 15) is 0 Å².